The van der Waals surface area contributed by atoms with E-state index in [9.17, 15) is 9.90 Å². The van der Waals surface area contributed by atoms with Crippen LogP contribution in [0.1, 0.15) is 71.6 Å². The molecule has 4 rings (SSSR count). The molecule has 4 saturated carbocycles. The number of fused-ring (bicyclic) bond motifs is 5. The first-order chi connectivity index (χ1) is 11.9. The van der Waals surface area contributed by atoms with E-state index in [1.165, 1.54) is 38.5 Å². The number of nitrogens with one attached hydrogen (secondary N) is 1. The van der Waals surface area contributed by atoms with Crippen LogP contribution in [0.5, 0.6) is 0 Å². The first kappa shape index (κ1) is 17.8. The van der Waals surface area contributed by atoms with Gasteiger partial charge in [0.15, 0.2) is 0 Å². The van der Waals surface area contributed by atoms with Gasteiger partial charge in [0.25, 0.3) is 0 Å². The number of hydrogen-bond acceptors (Lipinski definition) is 3. The Morgan fingerprint density at radius 1 is 1.04 bits per heavy atom. The second-order valence-electron chi connectivity index (χ2n) is 10.0. The molecule has 0 saturated heterocycles. The van der Waals surface area contributed by atoms with Crippen molar-refractivity contribution in [3.05, 3.63) is 0 Å². The van der Waals surface area contributed by atoms with Crippen molar-refractivity contribution in [1.82, 2.24) is 5.32 Å². The quantitative estimate of drug-likeness (QED) is 0.718. The summed E-state index contributed by atoms with van der Waals surface area (Å²) in [6.45, 7) is 5.07. The van der Waals surface area contributed by atoms with E-state index in [1.54, 1.807) is 0 Å². The molecule has 4 heteroatoms. The van der Waals surface area contributed by atoms with Crippen molar-refractivity contribution in [3.63, 3.8) is 0 Å². The Kier molecular flexibility index (Phi) is 4.43. The van der Waals surface area contributed by atoms with Crippen LogP contribution in [0.2, 0.25) is 0 Å². The summed E-state index contributed by atoms with van der Waals surface area (Å²) in [4.78, 5) is 11.9. The fraction of sp³-hybridized carbons (Fsp3) is 0.952. The molecule has 0 radical (unpaired) electrons. The molecule has 4 nitrogen and oxygen atoms in total. The van der Waals surface area contributed by atoms with Crippen molar-refractivity contribution in [2.24, 2.45) is 40.2 Å². The molecule has 4 N–H and O–H groups in total. The van der Waals surface area contributed by atoms with Crippen molar-refractivity contribution in [3.8, 4) is 0 Å². The highest BCUT2D eigenvalue weighted by Crippen LogP contribution is 2.66. The van der Waals surface area contributed by atoms with Gasteiger partial charge in [-0.05, 0) is 92.3 Å². The molecule has 4 aliphatic carbocycles. The van der Waals surface area contributed by atoms with E-state index < -0.39 is 0 Å². The van der Waals surface area contributed by atoms with Crippen molar-refractivity contribution < 1.29 is 9.90 Å². The van der Waals surface area contributed by atoms with Gasteiger partial charge in [-0.15, -0.1) is 0 Å². The molecule has 4 aliphatic rings. The van der Waals surface area contributed by atoms with Gasteiger partial charge in [-0.2, -0.15) is 0 Å². The molecule has 0 aromatic heterocycles. The normalized spacial score (nSPS) is 52.0. The Morgan fingerprint density at radius 2 is 1.76 bits per heavy atom. The lowest BCUT2D eigenvalue weighted by atomic mass is 9.45. The Balaban J connectivity index is 1.55. The van der Waals surface area contributed by atoms with Gasteiger partial charge in [0.05, 0.1) is 12.6 Å². The van der Waals surface area contributed by atoms with Crippen molar-refractivity contribution in [1.29, 1.82) is 0 Å². The van der Waals surface area contributed by atoms with Gasteiger partial charge in [-0.25, -0.2) is 0 Å². The van der Waals surface area contributed by atoms with E-state index in [1.807, 2.05) is 0 Å². The fourth-order valence-corrected chi connectivity index (χ4v) is 7.73. The first-order valence-corrected chi connectivity index (χ1v) is 10.6. The summed E-state index contributed by atoms with van der Waals surface area (Å²) in [5, 5.41) is 13.4. The number of rotatable bonds is 2. The largest absolute Gasteiger partial charge is 0.393 e. The third-order valence-electron chi connectivity index (χ3n) is 9.16. The van der Waals surface area contributed by atoms with Crippen molar-refractivity contribution in [2.45, 2.75) is 83.8 Å². The summed E-state index contributed by atoms with van der Waals surface area (Å²) in [6.07, 6.45) is 10.7. The summed E-state index contributed by atoms with van der Waals surface area (Å²) in [5.74, 6) is 3.11. The number of amides is 1. The molecule has 0 unspecified atom stereocenters. The van der Waals surface area contributed by atoms with E-state index in [0.29, 0.717) is 11.5 Å². The van der Waals surface area contributed by atoms with Gasteiger partial charge >= 0.3 is 0 Å². The number of nitrogens with two attached hydrogens (primary N) is 1. The highest BCUT2D eigenvalue weighted by molar-refractivity contribution is 5.78. The Morgan fingerprint density at radius 3 is 2.52 bits per heavy atom. The molecule has 8 atom stereocenters. The molecule has 0 spiro atoms. The van der Waals surface area contributed by atoms with Crippen LogP contribution in [0.15, 0.2) is 0 Å². The molecule has 0 aromatic carbocycles. The van der Waals surface area contributed by atoms with E-state index >= 15 is 0 Å². The lowest BCUT2D eigenvalue weighted by Crippen LogP contribution is -2.56. The molecular weight excluding hydrogens is 312 g/mol. The van der Waals surface area contributed by atoms with Crippen LogP contribution in [0.3, 0.4) is 0 Å². The van der Waals surface area contributed by atoms with E-state index in [-0.39, 0.29) is 24.0 Å². The summed E-state index contributed by atoms with van der Waals surface area (Å²) in [5.41, 5.74) is 6.22. The minimum atomic E-state index is -0.0641. The van der Waals surface area contributed by atoms with Crippen LogP contribution in [0.4, 0.5) is 0 Å². The van der Waals surface area contributed by atoms with Gasteiger partial charge in [0.2, 0.25) is 5.91 Å². The van der Waals surface area contributed by atoms with Crippen LogP contribution in [-0.4, -0.2) is 29.7 Å². The SMILES string of the molecule is C[C@]12CC[C@H](O)C[C@@H]1CC[C@@H]1[C@@H]2CC[C@]2(C)[C@@H](NC(=O)CN)CC[C@@H]12. The molecule has 1 amide bonds. The molecule has 0 aromatic rings. The van der Waals surface area contributed by atoms with Crippen molar-refractivity contribution >= 4 is 5.91 Å². The minimum Gasteiger partial charge on any atom is -0.393 e. The minimum absolute atomic E-state index is 0.00550. The van der Waals surface area contributed by atoms with Crippen LogP contribution in [0.25, 0.3) is 0 Å². The molecule has 25 heavy (non-hydrogen) atoms. The zero-order valence-electron chi connectivity index (χ0n) is 16.0. The number of aliphatic hydroxyl groups is 1. The molecule has 0 bridgehead atoms. The number of carbonyl (C=O) groups is 1. The van der Waals surface area contributed by atoms with Gasteiger partial charge < -0.3 is 16.2 Å². The molecule has 142 valence electrons. The second kappa shape index (κ2) is 6.23. The Hall–Kier alpha value is -0.610. The smallest absolute Gasteiger partial charge is 0.233 e. The standard InChI is InChI=1S/C21H36N2O2/c1-20-9-7-14(24)11-13(20)3-4-15-16-5-6-18(23-19(25)12-22)21(16,2)10-8-17(15)20/h13-18,24H,3-12,22H2,1-2H3,(H,23,25)/t13-,14-,15-,16-,17-,18-,20-,21-/m0/s1. The maximum atomic E-state index is 11.9. The molecular formula is C21H36N2O2. The summed E-state index contributed by atoms with van der Waals surface area (Å²) >= 11 is 0. The van der Waals surface area contributed by atoms with Gasteiger partial charge in [0.1, 0.15) is 0 Å². The number of carbonyl (C=O) groups excluding carboxylic acids is 1. The number of aliphatic hydroxyl groups excluding tert-OH is 1. The maximum absolute atomic E-state index is 11.9. The first-order valence-electron chi connectivity index (χ1n) is 10.6. The average molecular weight is 349 g/mol. The summed E-state index contributed by atoms with van der Waals surface area (Å²) in [6, 6.07) is 0.313. The lowest BCUT2D eigenvalue weighted by Gasteiger charge is -2.60. The van der Waals surface area contributed by atoms with Crippen LogP contribution >= 0.6 is 0 Å². The zero-order valence-corrected chi connectivity index (χ0v) is 16.0. The predicted octanol–water partition coefficient (Wildman–Crippen LogP) is 2.83. The fourth-order valence-electron chi connectivity index (χ4n) is 7.73. The molecule has 4 fully saturated rings. The highest BCUT2D eigenvalue weighted by Gasteiger charge is 2.60. The van der Waals surface area contributed by atoms with Crippen molar-refractivity contribution in [2.75, 3.05) is 6.54 Å². The third-order valence-corrected chi connectivity index (χ3v) is 9.16. The van der Waals surface area contributed by atoms with Gasteiger partial charge in [0, 0.05) is 6.04 Å². The highest BCUT2D eigenvalue weighted by atomic mass is 16.3. The van der Waals surface area contributed by atoms with Crippen LogP contribution < -0.4 is 11.1 Å². The van der Waals surface area contributed by atoms with Gasteiger partial charge in [-0.1, -0.05) is 13.8 Å². The molecule has 0 aliphatic heterocycles. The Labute approximate surface area is 152 Å². The lowest BCUT2D eigenvalue weighted by molar-refractivity contribution is -0.129. The van der Waals surface area contributed by atoms with Crippen LogP contribution in [-0.2, 0) is 4.79 Å². The van der Waals surface area contributed by atoms with E-state index in [2.05, 4.69) is 19.2 Å². The van der Waals surface area contributed by atoms with E-state index in [4.69, 9.17) is 5.73 Å². The average Bonchev–Trinajstić information content (AvgIpc) is 2.92. The van der Waals surface area contributed by atoms with Gasteiger partial charge in [-0.3, -0.25) is 4.79 Å². The zero-order chi connectivity index (χ0) is 17.8. The summed E-state index contributed by atoms with van der Waals surface area (Å²) in [7, 11) is 0. The Bertz CT molecular complexity index is 538. The maximum Gasteiger partial charge on any atom is 0.233 e. The second-order valence-corrected chi connectivity index (χ2v) is 10.0. The monoisotopic (exact) mass is 348 g/mol. The third kappa shape index (κ3) is 2.66. The van der Waals surface area contributed by atoms with E-state index in [0.717, 1.165) is 42.9 Å². The number of hydrogen-bond donors (Lipinski definition) is 3. The molecule has 0 heterocycles. The summed E-state index contributed by atoms with van der Waals surface area (Å²) < 4.78 is 0. The topological polar surface area (TPSA) is 75.3 Å². The predicted molar refractivity (Wildman–Crippen MR) is 98.7 cm³/mol. The van der Waals surface area contributed by atoms with Crippen LogP contribution in [0, 0.1) is 34.5 Å².